The molecule has 1 amide bonds. The highest BCUT2D eigenvalue weighted by Gasteiger charge is 2.42. The lowest BCUT2D eigenvalue weighted by atomic mass is 9.88. The quantitative estimate of drug-likeness (QED) is 0.138. The molecule has 0 bridgehead atoms. The fourth-order valence-corrected chi connectivity index (χ4v) is 4.06. The molecular weight excluding hydrogens is 448 g/mol. The van der Waals surface area contributed by atoms with Crippen LogP contribution in [0.3, 0.4) is 0 Å². The number of rotatable bonds is 13. The van der Waals surface area contributed by atoms with Crippen molar-refractivity contribution in [3.8, 4) is 0 Å². The number of carboxylic acid groups (broad SMARTS) is 3. The van der Waals surface area contributed by atoms with Gasteiger partial charge < -0.3 is 37.0 Å². The Labute approximate surface area is 200 Å². The summed E-state index contributed by atoms with van der Waals surface area (Å²) in [5, 5.41) is 37.7. The second kappa shape index (κ2) is 16.3. The normalized spacial score (nSPS) is 18.4. The SMILES string of the molecule is NCCCCCNC(=O)CN1CCNCCNCC(CC(=O)O)(CC(=O)O)N(CC(=O)O)CC1. The van der Waals surface area contributed by atoms with Crippen molar-refractivity contribution in [2.45, 2.75) is 37.6 Å². The number of carbonyl (C=O) groups excluding carboxylic acids is 1. The first-order chi connectivity index (χ1) is 16.2. The third-order valence-electron chi connectivity index (χ3n) is 5.75. The van der Waals surface area contributed by atoms with E-state index in [1.165, 1.54) is 4.90 Å². The maximum Gasteiger partial charge on any atom is 0.317 e. The predicted octanol–water partition coefficient (Wildman–Crippen LogP) is -2.20. The average Bonchev–Trinajstić information content (AvgIpc) is 2.73. The lowest BCUT2D eigenvalue weighted by Gasteiger charge is -2.43. The number of aliphatic carboxylic acids is 3. The maximum absolute atomic E-state index is 12.4. The number of hydrogen-bond donors (Lipinski definition) is 7. The van der Waals surface area contributed by atoms with E-state index in [4.69, 9.17) is 5.73 Å². The van der Waals surface area contributed by atoms with Crippen LogP contribution in [-0.4, -0.2) is 126 Å². The van der Waals surface area contributed by atoms with Crippen molar-refractivity contribution in [2.24, 2.45) is 5.73 Å². The van der Waals surface area contributed by atoms with Gasteiger partial charge in [-0.25, -0.2) is 0 Å². The van der Waals surface area contributed by atoms with Gasteiger partial charge in [0, 0.05) is 52.4 Å². The summed E-state index contributed by atoms with van der Waals surface area (Å²) in [6.45, 7) is 3.25. The highest BCUT2D eigenvalue weighted by atomic mass is 16.4. The summed E-state index contributed by atoms with van der Waals surface area (Å²) >= 11 is 0. The van der Waals surface area contributed by atoms with E-state index in [-0.39, 0.29) is 32.1 Å². The topological polar surface area (TPSA) is 198 Å². The molecule has 0 saturated carbocycles. The number of amides is 1. The summed E-state index contributed by atoms with van der Waals surface area (Å²) in [7, 11) is 0. The van der Waals surface area contributed by atoms with Crippen LogP contribution in [0.2, 0.25) is 0 Å². The van der Waals surface area contributed by atoms with Crippen molar-refractivity contribution in [1.29, 1.82) is 0 Å². The summed E-state index contributed by atoms with van der Waals surface area (Å²) < 4.78 is 0. The summed E-state index contributed by atoms with van der Waals surface area (Å²) in [5.74, 6) is -3.77. The van der Waals surface area contributed by atoms with E-state index in [0.29, 0.717) is 39.3 Å². The minimum atomic E-state index is -1.44. The van der Waals surface area contributed by atoms with Gasteiger partial charge in [-0.3, -0.25) is 29.0 Å². The molecule has 0 radical (unpaired) electrons. The van der Waals surface area contributed by atoms with E-state index in [9.17, 15) is 34.5 Å². The number of carbonyl (C=O) groups is 4. The zero-order chi connectivity index (χ0) is 25.4. The molecule has 13 nitrogen and oxygen atoms in total. The van der Waals surface area contributed by atoms with Gasteiger partial charge in [0.1, 0.15) is 0 Å². The van der Waals surface area contributed by atoms with Gasteiger partial charge in [0.05, 0.1) is 31.5 Å². The van der Waals surface area contributed by atoms with Crippen LogP contribution >= 0.6 is 0 Å². The first-order valence-electron chi connectivity index (χ1n) is 11.7. The summed E-state index contributed by atoms with van der Waals surface area (Å²) in [6, 6.07) is 0. The third-order valence-corrected chi connectivity index (χ3v) is 5.75. The maximum atomic E-state index is 12.4. The molecule has 1 rings (SSSR count). The Balaban J connectivity index is 2.99. The number of carboxylic acids is 3. The van der Waals surface area contributed by atoms with Crippen LogP contribution in [0.25, 0.3) is 0 Å². The van der Waals surface area contributed by atoms with E-state index in [1.54, 1.807) is 0 Å². The highest BCUT2D eigenvalue weighted by Crippen LogP contribution is 2.25. The fraction of sp³-hybridized carbons (Fsp3) is 0.810. The lowest BCUT2D eigenvalue weighted by Crippen LogP contribution is -2.61. The molecule has 1 aliphatic rings. The number of nitrogens with zero attached hydrogens (tertiary/aromatic N) is 2. The Morgan fingerprint density at radius 2 is 1.50 bits per heavy atom. The first kappa shape index (κ1) is 29.7. The van der Waals surface area contributed by atoms with Gasteiger partial charge in [-0.05, 0) is 19.4 Å². The van der Waals surface area contributed by atoms with Gasteiger partial charge in [-0.1, -0.05) is 6.42 Å². The van der Waals surface area contributed by atoms with Crippen LogP contribution in [0.5, 0.6) is 0 Å². The summed E-state index contributed by atoms with van der Waals surface area (Å²) in [4.78, 5) is 50.6. The largest absolute Gasteiger partial charge is 0.481 e. The first-order valence-corrected chi connectivity index (χ1v) is 11.7. The molecule has 0 aromatic heterocycles. The van der Waals surface area contributed by atoms with Crippen LogP contribution in [0.15, 0.2) is 0 Å². The third kappa shape index (κ3) is 12.2. The van der Waals surface area contributed by atoms with Crippen LogP contribution < -0.4 is 21.7 Å². The van der Waals surface area contributed by atoms with Crippen molar-refractivity contribution < 1.29 is 34.5 Å². The Morgan fingerprint density at radius 3 is 2.12 bits per heavy atom. The second-order valence-corrected chi connectivity index (χ2v) is 8.58. The number of unbranched alkanes of at least 4 members (excludes halogenated alkanes) is 2. The van der Waals surface area contributed by atoms with Gasteiger partial charge in [0.25, 0.3) is 0 Å². The Morgan fingerprint density at radius 1 is 0.824 bits per heavy atom. The zero-order valence-electron chi connectivity index (χ0n) is 19.8. The van der Waals surface area contributed by atoms with Crippen molar-refractivity contribution in [1.82, 2.24) is 25.8 Å². The number of nitrogens with two attached hydrogens (primary N) is 1. The van der Waals surface area contributed by atoms with Crippen LogP contribution in [0, 0.1) is 0 Å². The van der Waals surface area contributed by atoms with E-state index in [1.807, 2.05) is 4.90 Å². The molecule has 0 spiro atoms. The van der Waals surface area contributed by atoms with Crippen molar-refractivity contribution in [2.75, 3.05) is 72.0 Å². The number of nitrogens with one attached hydrogen (secondary N) is 3. The molecule has 0 aromatic rings. The molecule has 0 atom stereocenters. The fourth-order valence-electron chi connectivity index (χ4n) is 4.06. The summed E-state index contributed by atoms with van der Waals surface area (Å²) in [6.07, 6.45) is 1.59. The molecule has 196 valence electrons. The van der Waals surface area contributed by atoms with Crippen molar-refractivity contribution >= 4 is 23.8 Å². The van der Waals surface area contributed by atoms with Crippen LogP contribution in [-0.2, 0) is 19.2 Å². The van der Waals surface area contributed by atoms with E-state index in [0.717, 1.165) is 19.3 Å². The molecule has 1 saturated heterocycles. The lowest BCUT2D eigenvalue weighted by molar-refractivity contribution is -0.150. The predicted molar refractivity (Wildman–Crippen MR) is 125 cm³/mol. The monoisotopic (exact) mass is 488 g/mol. The van der Waals surface area contributed by atoms with E-state index in [2.05, 4.69) is 16.0 Å². The van der Waals surface area contributed by atoms with Crippen molar-refractivity contribution in [3.05, 3.63) is 0 Å². The van der Waals surface area contributed by atoms with Crippen molar-refractivity contribution in [3.63, 3.8) is 0 Å². The minimum Gasteiger partial charge on any atom is -0.481 e. The molecule has 34 heavy (non-hydrogen) atoms. The number of hydrogen-bond acceptors (Lipinski definition) is 9. The highest BCUT2D eigenvalue weighted by molar-refractivity contribution is 5.78. The van der Waals surface area contributed by atoms with Gasteiger partial charge in [0.15, 0.2) is 0 Å². The van der Waals surface area contributed by atoms with Gasteiger partial charge in [0.2, 0.25) is 5.91 Å². The smallest absolute Gasteiger partial charge is 0.317 e. The minimum absolute atomic E-state index is 0.00382. The second-order valence-electron chi connectivity index (χ2n) is 8.58. The molecule has 0 unspecified atom stereocenters. The van der Waals surface area contributed by atoms with Crippen LogP contribution in [0.4, 0.5) is 0 Å². The molecule has 0 aromatic carbocycles. The molecule has 1 aliphatic heterocycles. The standard InChI is InChI=1S/C21H40N6O7/c22-4-2-1-3-5-25-17(28)14-26-9-8-23-6-7-24-16-21(12-18(29)30,13-19(31)32)27(11-10-26)15-20(33)34/h23-24H,1-16,22H2,(H,25,28)(H,29,30)(H,31,32)(H,33,34). The Bertz CT molecular complexity index is 648. The molecular formula is C21H40N6O7. The van der Waals surface area contributed by atoms with Crippen LogP contribution in [0.1, 0.15) is 32.1 Å². The van der Waals surface area contributed by atoms with Gasteiger partial charge in [-0.2, -0.15) is 0 Å². The van der Waals surface area contributed by atoms with Gasteiger partial charge in [-0.15, -0.1) is 0 Å². The van der Waals surface area contributed by atoms with E-state index < -0.39 is 42.8 Å². The molecule has 0 aliphatic carbocycles. The molecule has 1 heterocycles. The molecule has 1 fully saturated rings. The summed E-state index contributed by atoms with van der Waals surface area (Å²) in [5.41, 5.74) is 4.03. The Kier molecular flexibility index (Phi) is 14.3. The Hall–Kier alpha value is -2.32. The van der Waals surface area contributed by atoms with E-state index >= 15 is 0 Å². The average molecular weight is 489 g/mol. The molecule has 13 heteroatoms. The molecule has 8 N–H and O–H groups in total. The zero-order valence-corrected chi connectivity index (χ0v) is 19.8. The van der Waals surface area contributed by atoms with Gasteiger partial charge >= 0.3 is 17.9 Å².